The van der Waals surface area contributed by atoms with Crippen molar-refractivity contribution >= 4 is 17.8 Å². The van der Waals surface area contributed by atoms with Crippen LogP contribution in [0.15, 0.2) is 24.3 Å². The van der Waals surface area contributed by atoms with Crippen LogP contribution in [0.25, 0.3) is 0 Å². The normalized spacial score (nSPS) is 29.4. The van der Waals surface area contributed by atoms with E-state index in [1.807, 2.05) is 24.3 Å². The molecule has 4 rings (SSSR count). The van der Waals surface area contributed by atoms with Crippen molar-refractivity contribution in [3.05, 3.63) is 35.4 Å². The van der Waals surface area contributed by atoms with E-state index in [1.54, 1.807) is 11.9 Å². The molecule has 1 aromatic rings. The maximum absolute atomic E-state index is 13.5. The van der Waals surface area contributed by atoms with Gasteiger partial charge in [-0.2, -0.15) is 0 Å². The number of amides is 4. The predicted octanol–water partition coefficient (Wildman–Crippen LogP) is 3.20. The van der Waals surface area contributed by atoms with E-state index < -0.39 is 11.6 Å². The molecular weight excluding hydrogens is 366 g/mol. The van der Waals surface area contributed by atoms with Gasteiger partial charge in [-0.1, -0.05) is 31.2 Å². The van der Waals surface area contributed by atoms with Crippen molar-refractivity contribution in [2.45, 2.75) is 69.9 Å². The van der Waals surface area contributed by atoms with Crippen molar-refractivity contribution in [1.82, 2.24) is 15.1 Å². The first-order valence-corrected chi connectivity index (χ1v) is 10.9. The van der Waals surface area contributed by atoms with Gasteiger partial charge in [0, 0.05) is 13.1 Å². The van der Waals surface area contributed by atoms with Crippen LogP contribution >= 0.6 is 0 Å². The zero-order valence-electron chi connectivity index (χ0n) is 17.4. The number of aryl methyl sites for hydroxylation is 1. The zero-order valence-corrected chi connectivity index (χ0v) is 17.4. The Bertz CT molecular complexity index is 815. The van der Waals surface area contributed by atoms with E-state index in [-0.39, 0.29) is 24.4 Å². The van der Waals surface area contributed by atoms with Gasteiger partial charge in [-0.3, -0.25) is 14.5 Å². The maximum Gasteiger partial charge on any atom is 0.325 e. The van der Waals surface area contributed by atoms with Gasteiger partial charge in [0.1, 0.15) is 12.1 Å². The largest absolute Gasteiger partial charge is 0.341 e. The molecule has 1 heterocycles. The minimum absolute atomic E-state index is 0.160. The molecule has 4 amide bonds. The number of hydrogen-bond donors (Lipinski definition) is 1. The second-order valence-corrected chi connectivity index (χ2v) is 9.01. The highest BCUT2D eigenvalue weighted by Gasteiger charge is 2.53. The lowest BCUT2D eigenvalue weighted by atomic mass is 9.84. The van der Waals surface area contributed by atoms with Gasteiger partial charge >= 0.3 is 6.03 Å². The number of rotatable bonds is 3. The monoisotopic (exact) mass is 397 g/mol. The van der Waals surface area contributed by atoms with Crippen LogP contribution in [0, 0.1) is 5.92 Å². The lowest BCUT2D eigenvalue weighted by Crippen LogP contribution is -2.47. The summed E-state index contributed by atoms with van der Waals surface area (Å²) >= 11 is 0. The first-order chi connectivity index (χ1) is 13.9. The quantitative estimate of drug-likeness (QED) is 0.797. The second kappa shape index (κ2) is 7.81. The second-order valence-electron chi connectivity index (χ2n) is 9.01. The molecule has 29 heavy (non-hydrogen) atoms. The van der Waals surface area contributed by atoms with E-state index in [0.29, 0.717) is 12.3 Å². The molecule has 2 fully saturated rings. The summed E-state index contributed by atoms with van der Waals surface area (Å²) in [5.41, 5.74) is 0.976. The number of urea groups is 1. The Hall–Kier alpha value is -2.37. The van der Waals surface area contributed by atoms with Crippen molar-refractivity contribution in [2.75, 3.05) is 13.6 Å². The molecule has 1 atom stereocenters. The molecule has 1 saturated heterocycles. The number of nitrogens with zero attached hydrogens (tertiary/aromatic N) is 2. The van der Waals surface area contributed by atoms with Crippen LogP contribution in [-0.2, 0) is 21.5 Å². The van der Waals surface area contributed by atoms with Gasteiger partial charge in [0.15, 0.2) is 0 Å². The number of nitrogens with one attached hydrogen (secondary N) is 1. The fourth-order valence-corrected chi connectivity index (χ4v) is 5.20. The lowest BCUT2D eigenvalue weighted by Gasteiger charge is -2.34. The molecule has 0 radical (unpaired) electrons. The summed E-state index contributed by atoms with van der Waals surface area (Å²) in [7, 11) is 1.80. The molecule has 1 N–H and O–H groups in total. The molecule has 1 aliphatic heterocycles. The molecule has 1 aromatic carbocycles. The average molecular weight is 398 g/mol. The fourth-order valence-electron chi connectivity index (χ4n) is 5.20. The van der Waals surface area contributed by atoms with Gasteiger partial charge in [-0.25, -0.2) is 4.79 Å². The zero-order chi connectivity index (χ0) is 20.6. The van der Waals surface area contributed by atoms with E-state index in [2.05, 4.69) is 12.2 Å². The summed E-state index contributed by atoms with van der Waals surface area (Å²) < 4.78 is 0. The van der Waals surface area contributed by atoms with E-state index in [9.17, 15) is 14.4 Å². The van der Waals surface area contributed by atoms with E-state index in [1.165, 1.54) is 0 Å². The molecule has 1 saturated carbocycles. The number of fused-ring (bicyclic) bond motifs is 2. The third-order valence-corrected chi connectivity index (χ3v) is 7.12. The summed E-state index contributed by atoms with van der Waals surface area (Å²) in [6.07, 6.45) is 7.54. The van der Waals surface area contributed by atoms with E-state index in [4.69, 9.17) is 0 Å². The number of imide groups is 1. The summed E-state index contributed by atoms with van der Waals surface area (Å²) in [5.74, 6) is 0.263. The molecule has 6 nitrogen and oxygen atoms in total. The Kier molecular flexibility index (Phi) is 5.36. The number of likely N-dealkylation sites (N-methyl/N-ethyl adjacent to an activating group) is 1. The van der Waals surface area contributed by atoms with Crippen molar-refractivity contribution in [3.8, 4) is 0 Å². The minimum Gasteiger partial charge on any atom is -0.341 e. The third kappa shape index (κ3) is 3.53. The Morgan fingerprint density at radius 2 is 1.90 bits per heavy atom. The summed E-state index contributed by atoms with van der Waals surface area (Å²) in [4.78, 5) is 42.0. The molecule has 3 aliphatic rings. The van der Waals surface area contributed by atoms with Gasteiger partial charge in [-0.05, 0) is 68.4 Å². The van der Waals surface area contributed by atoms with Gasteiger partial charge < -0.3 is 10.2 Å². The number of carbonyl (C=O) groups is 3. The van der Waals surface area contributed by atoms with E-state index >= 15 is 0 Å². The van der Waals surface area contributed by atoms with Gasteiger partial charge in [-0.15, -0.1) is 0 Å². The van der Waals surface area contributed by atoms with Crippen LogP contribution < -0.4 is 5.32 Å². The van der Waals surface area contributed by atoms with Crippen molar-refractivity contribution in [1.29, 1.82) is 0 Å². The molecule has 156 valence electrons. The topological polar surface area (TPSA) is 69.7 Å². The molecule has 2 aliphatic carbocycles. The summed E-state index contributed by atoms with van der Waals surface area (Å²) in [6, 6.07) is 7.61. The van der Waals surface area contributed by atoms with Crippen LogP contribution in [0.3, 0.4) is 0 Å². The first kappa shape index (κ1) is 19.9. The summed E-state index contributed by atoms with van der Waals surface area (Å²) in [5, 5.41) is 2.96. The van der Waals surface area contributed by atoms with Crippen molar-refractivity contribution in [3.63, 3.8) is 0 Å². The standard InChI is InChI=1S/C23H31N3O3/c1-16-10-12-18(13-11-16)25(2)20(27)15-26-21(28)23(24-22(26)29)14-6-5-8-17-7-3-4-9-19(17)23/h3-4,7,9,16,18H,5-6,8,10-15H2,1-2H3,(H,24,29)/t16?,18?,23-/m0/s1. The minimum atomic E-state index is -1.02. The van der Waals surface area contributed by atoms with Crippen LogP contribution in [0.2, 0.25) is 0 Å². The highest BCUT2D eigenvalue weighted by atomic mass is 16.2. The lowest BCUT2D eigenvalue weighted by molar-refractivity contribution is -0.140. The number of hydrogen-bond acceptors (Lipinski definition) is 3. The third-order valence-electron chi connectivity index (χ3n) is 7.12. The Morgan fingerprint density at radius 3 is 2.66 bits per heavy atom. The maximum atomic E-state index is 13.5. The Labute approximate surface area is 172 Å². The van der Waals surface area contributed by atoms with Crippen LogP contribution in [-0.4, -0.2) is 47.3 Å². The van der Waals surface area contributed by atoms with Crippen LogP contribution in [0.1, 0.15) is 63.0 Å². The number of benzene rings is 1. The van der Waals surface area contributed by atoms with E-state index in [0.717, 1.165) is 61.0 Å². The molecule has 1 spiro atoms. The molecule has 6 heteroatoms. The van der Waals surface area contributed by atoms with Crippen molar-refractivity contribution < 1.29 is 14.4 Å². The molecule has 0 bridgehead atoms. The summed E-state index contributed by atoms with van der Waals surface area (Å²) in [6.45, 7) is 2.06. The van der Waals surface area contributed by atoms with Crippen LogP contribution in [0.5, 0.6) is 0 Å². The highest BCUT2D eigenvalue weighted by Crippen LogP contribution is 2.39. The van der Waals surface area contributed by atoms with Crippen LogP contribution in [0.4, 0.5) is 4.79 Å². The Balaban J connectivity index is 1.52. The number of carbonyl (C=O) groups excluding carboxylic acids is 3. The van der Waals surface area contributed by atoms with Gasteiger partial charge in [0.2, 0.25) is 5.91 Å². The van der Waals surface area contributed by atoms with Crippen molar-refractivity contribution in [2.24, 2.45) is 5.92 Å². The first-order valence-electron chi connectivity index (χ1n) is 10.9. The smallest absolute Gasteiger partial charge is 0.325 e. The van der Waals surface area contributed by atoms with Gasteiger partial charge in [0.25, 0.3) is 5.91 Å². The molecule has 0 unspecified atom stereocenters. The fraction of sp³-hybridized carbons (Fsp3) is 0.609. The van der Waals surface area contributed by atoms with Gasteiger partial charge in [0.05, 0.1) is 0 Å². The average Bonchev–Trinajstić information content (AvgIpc) is 2.86. The molecular formula is C23H31N3O3. The SMILES string of the molecule is CC1CCC(N(C)C(=O)CN2C(=O)N[C@]3(CCCCc4ccccc43)C2=O)CC1. The molecule has 0 aromatic heterocycles. The Morgan fingerprint density at radius 1 is 1.17 bits per heavy atom. The highest BCUT2D eigenvalue weighted by molar-refractivity contribution is 6.09. The predicted molar refractivity (Wildman–Crippen MR) is 110 cm³/mol.